The molecule has 0 amide bonds. The van der Waals surface area contributed by atoms with Gasteiger partial charge in [0.25, 0.3) is 0 Å². The van der Waals surface area contributed by atoms with Crippen molar-refractivity contribution >= 4 is 0 Å². The number of hydrogen-bond donors (Lipinski definition) is 1. The van der Waals surface area contributed by atoms with Crippen LogP contribution in [0.1, 0.15) is 42.6 Å². The lowest BCUT2D eigenvalue weighted by atomic mass is 10.0. The van der Waals surface area contributed by atoms with Gasteiger partial charge in [0.05, 0.1) is 5.69 Å². The summed E-state index contributed by atoms with van der Waals surface area (Å²) in [6, 6.07) is 0.381. The molecule has 1 aliphatic rings. The van der Waals surface area contributed by atoms with E-state index in [1.54, 1.807) is 0 Å². The topological polar surface area (TPSA) is 43.8 Å². The number of hydrogen-bond acceptors (Lipinski definition) is 2. The Morgan fingerprint density at radius 1 is 1.44 bits per heavy atom. The van der Waals surface area contributed by atoms with Crippen molar-refractivity contribution in [3.8, 4) is 0 Å². The maximum Gasteiger partial charge on any atom is 0.0628 e. The van der Waals surface area contributed by atoms with E-state index in [1.165, 1.54) is 36.2 Å². The molecule has 1 aromatic rings. The molecule has 0 bridgehead atoms. The van der Waals surface area contributed by atoms with Crippen molar-refractivity contribution < 1.29 is 0 Å². The third-order valence-corrected chi connectivity index (χ3v) is 3.76. The molecule has 16 heavy (non-hydrogen) atoms. The minimum Gasteiger partial charge on any atom is -0.328 e. The summed E-state index contributed by atoms with van der Waals surface area (Å²) in [5, 5.41) is 4.44. The minimum absolute atomic E-state index is 0.381. The van der Waals surface area contributed by atoms with E-state index in [0.29, 0.717) is 6.04 Å². The molecule has 2 N–H and O–H groups in total. The molecule has 0 spiro atoms. The second-order valence-electron chi connectivity index (χ2n) is 5.25. The summed E-state index contributed by atoms with van der Waals surface area (Å²) in [5.74, 6) is 0.936. The molecule has 1 unspecified atom stereocenters. The Morgan fingerprint density at radius 2 is 2.12 bits per heavy atom. The molecular weight excluding hydrogens is 198 g/mol. The molecule has 0 aromatic carbocycles. The first-order valence-electron chi connectivity index (χ1n) is 6.32. The number of aromatic nitrogens is 2. The molecule has 1 atom stereocenters. The standard InChI is InChI=1S/C13H23N3/c1-9-13(10(2)16(3)15-9)7-6-12(14)8-11-4-5-11/h11-12H,4-8,14H2,1-3H3. The zero-order chi connectivity index (χ0) is 11.7. The van der Waals surface area contributed by atoms with Crippen molar-refractivity contribution in [1.82, 2.24) is 9.78 Å². The molecule has 1 aromatic heterocycles. The summed E-state index contributed by atoms with van der Waals surface area (Å²) < 4.78 is 1.97. The highest BCUT2D eigenvalue weighted by Gasteiger charge is 2.23. The quantitative estimate of drug-likeness (QED) is 0.827. The van der Waals surface area contributed by atoms with Crippen LogP contribution in [0.4, 0.5) is 0 Å². The van der Waals surface area contributed by atoms with Crippen molar-refractivity contribution in [3.63, 3.8) is 0 Å². The van der Waals surface area contributed by atoms with Crippen LogP contribution in [0.15, 0.2) is 0 Å². The van der Waals surface area contributed by atoms with Crippen molar-refractivity contribution in [2.45, 2.75) is 52.0 Å². The molecule has 3 heteroatoms. The van der Waals surface area contributed by atoms with E-state index in [1.807, 2.05) is 11.7 Å². The first kappa shape index (κ1) is 11.6. The Balaban J connectivity index is 1.87. The van der Waals surface area contributed by atoms with Crippen LogP contribution in [0.25, 0.3) is 0 Å². The molecule has 1 aliphatic carbocycles. The fourth-order valence-corrected chi connectivity index (χ4v) is 2.41. The fraction of sp³-hybridized carbons (Fsp3) is 0.769. The SMILES string of the molecule is Cc1nn(C)c(C)c1CCC(N)CC1CC1. The third kappa shape index (κ3) is 2.64. The summed E-state index contributed by atoms with van der Waals surface area (Å²) in [6.07, 6.45) is 6.21. The van der Waals surface area contributed by atoms with Crippen LogP contribution in [-0.2, 0) is 13.5 Å². The van der Waals surface area contributed by atoms with E-state index in [0.717, 1.165) is 18.8 Å². The molecule has 90 valence electrons. The van der Waals surface area contributed by atoms with Gasteiger partial charge in [-0.3, -0.25) is 4.68 Å². The Labute approximate surface area is 98.0 Å². The lowest BCUT2D eigenvalue weighted by molar-refractivity contribution is 0.532. The van der Waals surface area contributed by atoms with Gasteiger partial charge < -0.3 is 5.73 Å². The van der Waals surface area contributed by atoms with E-state index in [-0.39, 0.29) is 0 Å². The second-order valence-corrected chi connectivity index (χ2v) is 5.25. The predicted octanol–water partition coefficient (Wildman–Crippen LogP) is 2.10. The van der Waals surface area contributed by atoms with Crippen molar-refractivity contribution in [3.05, 3.63) is 17.0 Å². The molecule has 0 aliphatic heterocycles. The van der Waals surface area contributed by atoms with Gasteiger partial charge in [-0.2, -0.15) is 5.10 Å². The van der Waals surface area contributed by atoms with E-state index in [4.69, 9.17) is 5.73 Å². The van der Waals surface area contributed by atoms with Gasteiger partial charge in [0.15, 0.2) is 0 Å². The Morgan fingerprint density at radius 3 is 2.62 bits per heavy atom. The lowest BCUT2D eigenvalue weighted by Gasteiger charge is -2.10. The lowest BCUT2D eigenvalue weighted by Crippen LogP contribution is -2.21. The van der Waals surface area contributed by atoms with Crippen molar-refractivity contribution in [2.24, 2.45) is 18.7 Å². The number of nitrogens with zero attached hydrogens (tertiary/aromatic N) is 2. The molecular formula is C13H23N3. The molecule has 0 saturated heterocycles. The summed E-state index contributed by atoms with van der Waals surface area (Å²) in [6.45, 7) is 4.23. The van der Waals surface area contributed by atoms with Gasteiger partial charge in [-0.25, -0.2) is 0 Å². The minimum atomic E-state index is 0.381. The number of nitrogens with two attached hydrogens (primary N) is 1. The molecule has 1 saturated carbocycles. The van der Waals surface area contributed by atoms with Crippen molar-refractivity contribution in [1.29, 1.82) is 0 Å². The normalized spacial score (nSPS) is 17.8. The fourth-order valence-electron chi connectivity index (χ4n) is 2.41. The molecule has 0 radical (unpaired) electrons. The van der Waals surface area contributed by atoms with E-state index >= 15 is 0 Å². The molecule has 1 fully saturated rings. The van der Waals surface area contributed by atoms with Crippen LogP contribution in [0.5, 0.6) is 0 Å². The van der Waals surface area contributed by atoms with Gasteiger partial charge in [0, 0.05) is 18.8 Å². The maximum atomic E-state index is 6.14. The van der Waals surface area contributed by atoms with Gasteiger partial charge in [0.2, 0.25) is 0 Å². The Hall–Kier alpha value is -0.830. The number of rotatable bonds is 5. The van der Waals surface area contributed by atoms with Crippen LogP contribution < -0.4 is 5.73 Å². The van der Waals surface area contributed by atoms with E-state index < -0.39 is 0 Å². The average Bonchev–Trinajstić information content (AvgIpc) is 2.97. The van der Waals surface area contributed by atoms with E-state index in [9.17, 15) is 0 Å². The van der Waals surface area contributed by atoms with Crippen LogP contribution in [-0.4, -0.2) is 15.8 Å². The number of aryl methyl sites for hydroxylation is 2. The van der Waals surface area contributed by atoms with Gasteiger partial charge in [0.1, 0.15) is 0 Å². The molecule has 1 heterocycles. The first-order chi connectivity index (χ1) is 7.58. The molecule has 3 nitrogen and oxygen atoms in total. The van der Waals surface area contributed by atoms with E-state index in [2.05, 4.69) is 18.9 Å². The zero-order valence-electron chi connectivity index (χ0n) is 10.7. The zero-order valence-corrected chi connectivity index (χ0v) is 10.7. The smallest absolute Gasteiger partial charge is 0.0628 e. The van der Waals surface area contributed by atoms with Crippen LogP contribution in [0.2, 0.25) is 0 Å². The monoisotopic (exact) mass is 221 g/mol. The van der Waals surface area contributed by atoms with Gasteiger partial charge in [-0.05, 0) is 44.6 Å². The van der Waals surface area contributed by atoms with Crippen LogP contribution >= 0.6 is 0 Å². The van der Waals surface area contributed by atoms with Gasteiger partial charge in [-0.15, -0.1) is 0 Å². The third-order valence-electron chi connectivity index (χ3n) is 3.76. The highest BCUT2D eigenvalue weighted by Crippen LogP contribution is 2.33. The Kier molecular flexibility index (Phi) is 3.33. The predicted molar refractivity (Wildman–Crippen MR) is 66.3 cm³/mol. The highest BCUT2D eigenvalue weighted by atomic mass is 15.3. The van der Waals surface area contributed by atoms with Gasteiger partial charge in [-0.1, -0.05) is 12.8 Å². The maximum absolute atomic E-state index is 6.14. The van der Waals surface area contributed by atoms with Gasteiger partial charge >= 0.3 is 0 Å². The Bertz CT molecular complexity index is 363. The van der Waals surface area contributed by atoms with Crippen molar-refractivity contribution in [2.75, 3.05) is 0 Å². The summed E-state index contributed by atoms with van der Waals surface area (Å²) >= 11 is 0. The summed E-state index contributed by atoms with van der Waals surface area (Å²) in [5.41, 5.74) is 9.99. The second kappa shape index (κ2) is 4.58. The first-order valence-corrected chi connectivity index (χ1v) is 6.32. The van der Waals surface area contributed by atoms with Crippen LogP contribution in [0, 0.1) is 19.8 Å². The van der Waals surface area contributed by atoms with Crippen LogP contribution in [0.3, 0.4) is 0 Å². The largest absolute Gasteiger partial charge is 0.328 e. The summed E-state index contributed by atoms with van der Waals surface area (Å²) in [4.78, 5) is 0. The molecule has 2 rings (SSSR count). The summed E-state index contributed by atoms with van der Waals surface area (Å²) in [7, 11) is 2.01. The average molecular weight is 221 g/mol. The highest BCUT2D eigenvalue weighted by molar-refractivity contribution is 5.24.